The highest BCUT2D eigenvalue weighted by molar-refractivity contribution is 5.69. The van der Waals surface area contributed by atoms with Crippen molar-refractivity contribution in [3.63, 3.8) is 0 Å². The van der Waals surface area contributed by atoms with Crippen molar-refractivity contribution >= 4 is 5.97 Å². The zero-order chi connectivity index (χ0) is 13.9. The molecule has 0 amide bonds. The van der Waals surface area contributed by atoms with E-state index in [0.29, 0.717) is 5.92 Å². The van der Waals surface area contributed by atoms with Crippen LogP contribution in [0.2, 0.25) is 0 Å². The second-order valence-corrected chi connectivity index (χ2v) is 5.22. The molecule has 1 aliphatic rings. The molecule has 5 heteroatoms. The largest absolute Gasteiger partial charge is 0.481 e. The van der Waals surface area contributed by atoms with Gasteiger partial charge in [0.1, 0.15) is 0 Å². The zero-order valence-electron chi connectivity index (χ0n) is 11.9. The highest BCUT2D eigenvalue weighted by atomic mass is 16.5. The Morgan fingerprint density at radius 1 is 1.21 bits per heavy atom. The summed E-state index contributed by atoms with van der Waals surface area (Å²) in [5.74, 6) is -0.111. The van der Waals surface area contributed by atoms with Crippen LogP contribution in [0, 0.1) is 11.8 Å². The predicted molar refractivity (Wildman–Crippen MR) is 73.3 cm³/mol. The van der Waals surface area contributed by atoms with Crippen LogP contribution in [0.1, 0.15) is 32.1 Å². The number of carboxylic acid groups (broad SMARTS) is 1. The van der Waals surface area contributed by atoms with E-state index in [2.05, 4.69) is 5.32 Å². The first-order valence-corrected chi connectivity index (χ1v) is 7.24. The molecule has 1 aliphatic carbocycles. The lowest BCUT2D eigenvalue weighted by atomic mass is 9.82. The first kappa shape index (κ1) is 16.4. The summed E-state index contributed by atoms with van der Waals surface area (Å²) in [5.41, 5.74) is 0. The summed E-state index contributed by atoms with van der Waals surface area (Å²) in [6, 6.07) is 0. The Bertz CT molecular complexity index is 240. The number of hydrogen-bond donors (Lipinski definition) is 2. The standard InChI is InChI=1S/C14H27NO4/c1-18-8-2-9-19-10-7-15-11-12-3-5-13(6-4-12)14(16)17/h12-13,15H,2-11H2,1H3,(H,16,17). The third-order valence-electron chi connectivity index (χ3n) is 3.69. The van der Waals surface area contributed by atoms with Crippen LogP contribution in [0.15, 0.2) is 0 Å². The zero-order valence-corrected chi connectivity index (χ0v) is 11.9. The van der Waals surface area contributed by atoms with Gasteiger partial charge < -0.3 is 19.9 Å². The molecule has 1 rings (SSSR count). The molecule has 0 unspecified atom stereocenters. The Balaban J connectivity index is 1.89. The van der Waals surface area contributed by atoms with E-state index in [1.54, 1.807) is 7.11 Å². The predicted octanol–water partition coefficient (Wildman–Crippen LogP) is 1.52. The number of rotatable bonds is 10. The van der Waals surface area contributed by atoms with Crippen LogP contribution in [-0.2, 0) is 14.3 Å². The van der Waals surface area contributed by atoms with Crippen LogP contribution >= 0.6 is 0 Å². The molecule has 0 saturated heterocycles. The molecule has 0 aliphatic heterocycles. The number of ether oxygens (including phenoxy) is 2. The molecular weight excluding hydrogens is 246 g/mol. The van der Waals surface area contributed by atoms with Crippen molar-refractivity contribution in [3.05, 3.63) is 0 Å². The third kappa shape index (κ3) is 7.50. The third-order valence-corrected chi connectivity index (χ3v) is 3.69. The molecule has 1 saturated carbocycles. The van der Waals surface area contributed by atoms with Crippen molar-refractivity contribution in [1.29, 1.82) is 0 Å². The van der Waals surface area contributed by atoms with E-state index in [9.17, 15) is 4.79 Å². The Kier molecular flexibility index (Phi) is 8.79. The van der Waals surface area contributed by atoms with E-state index in [0.717, 1.165) is 65.0 Å². The van der Waals surface area contributed by atoms with Gasteiger partial charge in [0, 0.05) is 26.9 Å². The molecular formula is C14H27NO4. The van der Waals surface area contributed by atoms with Crippen molar-refractivity contribution in [2.75, 3.05) is 40.0 Å². The molecule has 0 aromatic heterocycles. The highest BCUT2D eigenvalue weighted by Gasteiger charge is 2.25. The number of hydrogen-bond acceptors (Lipinski definition) is 4. The summed E-state index contributed by atoms with van der Waals surface area (Å²) < 4.78 is 10.4. The number of aliphatic carboxylic acids is 1. The minimum Gasteiger partial charge on any atom is -0.481 e. The van der Waals surface area contributed by atoms with Gasteiger partial charge in [-0.05, 0) is 44.6 Å². The van der Waals surface area contributed by atoms with Crippen molar-refractivity contribution in [2.24, 2.45) is 11.8 Å². The minimum absolute atomic E-state index is 0.111. The Morgan fingerprint density at radius 2 is 1.95 bits per heavy atom. The van der Waals surface area contributed by atoms with E-state index in [4.69, 9.17) is 14.6 Å². The molecule has 112 valence electrons. The average Bonchev–Trinajstić information content (AvgIpc) is 2.42. The van der Waals surface area contributed by atoms with Crippen LogP contribution in [0.5, 0.6) is 0 Å². The molecule has 5 nitrogen and oxygen atoms in total. The van der Waals surface area contributed by atoms with Crippen molar-refractivity contribution < 1.29 is 19.4 Å². The number of carbonyl (C=O) groups is 1. The van der Waals surface area contributed by atoms with Crippen LogP contribution in [0.3, 0.4) is 0 Å². The summed E-state index contributed by atoms with van der Waals surface area (Å²) in [7, 11) is 1.70. The monoisotopic (exact) mass is 273 g/mol. The fourth-order valence-electron chi connectivity index (χ4n) is 2.47. The first-order chi connectivity index (χ1) is 9.24. The molecule has 2 N–H and O–H groups in total. The second-order valence-electron chi connectivity index (χ2n) is 5.22. The smallest absolute Gasteiger partial charge is 0.306 e. The lowest BCUT2D eigenvalue weighted by Gasteiger charge is -2.26. The fraction of sp³-hybridized carbons (Fsp3) is 0.929. The summed E-state index contributed by atoms with van der Waals surface area (Å²) in [6.45, 7) is 4.08. The van der Waals surface area contributed by atoms with E-state index >= 15 is 0 Å². The van der Waals surface area contributed by atoms with Crippen molar-refractivity contribution in [1.82, 2.24) is 5.32 Å². The molecule has 0 atom stereocenters. The molecule has 0 radical (unpaired) electrons. The van der Waals surface area contributed by atoms with Gasteiger partial charge in [-0.25, -0.2) is 0 Å². The number of carboxylic acids is 1. The van der Waals surface area contributed by atoms with E-state index < -0.39 is 5.97 Å². The fourth-order valence-corrected chi connectivity index (χ4v) is 2.47. The second kappa shape index (κ2) is 10.2. The maximum Gasteiger partial charge on any atom is 0.306 e. The first-order valence-electron chi connectivity index (χ1n) is 7.24. The maximum atomic E-state index is 10.8. The van der Waals surface area contributed by atoms with Gasteiger partial charge >= 0.3 is 5.97 Å². The lowest BCUT2D eigenvalue weighted by Crippen LogP contribution is -2.30. The maximum absolute atomic E-state index is 10.8. The Labute approximate surface area is 115 Å². The average molecular weight is 273 g/mol. The van der Waals surface area contributed by atoms with E-state index in [1.807, 2.05) is 0 Å². The lowest BCUT2D eigenvalue weighted by molar-refractivity contribution is -0.143. The van der Waals surface area contributed by atoms with Gasteiger partial charge in [0.05, 0.1) is 12.5 Å². The molecule has 0 aromatic carbocycles. The van der Waals surface area contributed by atoms with Gasteiger partial charge in [-0.3, -0.25) is 4.79 Å². The Hall–Kier alpha value is -0.650. The van der Waals surface area contributed by atoms with Gasteiger partial charge in [-0.2, -0.15) is 0 Å². The van der Waals surface area contributed by atoms with Gasteiger partial charge in [-0.15, -0.1) is 0 Å². The van der Waals surface area contributed by atoms with Gasteiger partial charge in [0.2, 0.25) is 0 Å². The van der Waals surface area contributed by atoms with Gasteiger partial charge in [0.15, 0.2) is 0 Å². The van der Waals surface area contributed by atoms with Crippen molar-refractivity contribution in [2.45, 2.75) is 32.1 Å². The number of methoxy groups -OCH3 is 1. The molecule has 0 heterocycles. The summed E-state index contributed by atoms with van der Waals surface area (Å²) in [5, 5.41) is 12.3. The van der Waals surface area contributed by atoms with Crippen LogP contribution in [0.25, 0.3) is 0 Å². The van der Waals surface area contributed by atoms with E-state index in [1.165, 1.54) is 0 Å². The Morgan fingerprint density at radius 3 is 2.58 bits per heavy atom. The SMILES string of the molecule is COCCCOCCNCC1CCC(C(=O)O)CC1. The van der Waals surface area contributed by atoms with Gasteiger partial charge in [-0.1, -0.05) is 0 Å². The van der Waals surface area contributed by atoms with E-state index in [-0.39, 0.29) is 5.92 Å². The highest BCUT2D eigenvalue weighted by Crippen LogP contribution is 2.28. The van der Waals surface area contributed by atoms with Crippen molar-refractivity contribution in [3.8, 4) is 0 Å². The minimum atomic E-state index is -0.629. The normalized spacial score (nSPS) is 23.4. The topological polar surface area (TPSA) is 67.8 Å². The van der Waals surface area contributed by atoms with Crippen LogP contribution < -0.4 is 5.32 Å². The van der Waals surface area contributed by atoms with Crippen LogP contribution in [-0.4, -0.2) is 51.1 Å². The summed E-state index contributed by atoms with van der Waals surface area (Å²) >= 11 is 0. The molecule has 0 aromatic rings. The number of nitrogens with one attached hydrogen (secondary N) is 1. The molecule has 19 heavy (non-hydrogen) atoms. The van der Waals surface area contributed by atoms with Crippen LogP contribution in [0.4, 0.5) is 0 Å². The quantitative estimate of drug-likeness (QED) is 0.591. The van der Waals surface area contributed by atoms with Gasteiger partial charge in [0.25, 0.3) is 0 Å². The molecule has 0 bridgehead atoms. The molecule has 1 fully saturated rings. The summed E-state index contributed by atoms with van der Waals surface area (Å²) in [6.07, 6.45) is 4.65. The molecule has 0 spiro atoms. The summed E-state index contributed by atoms with van der Waals surface area (Å²) in [4.78, 5) is 10.8.